The van der Waals surface area contributed by atoms with Gasteiger partial charge < -0.3 is 14.4 Å². The summed E-state index contributed by atoms with van der Waals surface area (Å²) in [6.45, 7) is 7.29. The van der Waals surface area contributed by atoms with Crippen LogP contribution in [-0.2, 0) is 9.53 Å². The minimum atomic E-state index is 0.0516. The van der Waals surface area contributed by atoms with Gasteiger partial charge in [0, 0.05) is 30.3 Å². The van der Waals surface area contributed by atoms with Crippen LogP contribution in [0.1, 0.15) is 92.2 Å². The third kappa shape index (κ3) is 7.24. The lowest BCUT2D eigenvalue weighted by Gasteiger charge is -2.36. The normalized spacial score (nSPS) is 24.0. The van der Waals surface area contributed by atoms with E-state index in [1.54, 1.807) is 7.11 Å². The molecule has 3 aliphatic rings. The van der Waals surface area contributed by atoms with E-state index < -0.39 is 0 Å². The number of hydrogen-bond acceptors (Lipinski definition) is 5. The van der Waals surface area contributed by atoms with Gasteiger partial charge in [0.25, 0.3) is 0 Å². The SMILES string of the molecule is C=CCOC1CCC(C(=O)N(CC2CCC(c3ccc(OC)c(C)c3)CC2)c2cccc(-c3cnc(C4CC4)s3)c2)CC1. The average Bonchev–Trinajstić information content (AvgIpc) is 3.78. The fourth-order valence-electron chi connectivity index (χ4n) is 7.08. The van der Waals surface area contributed by atoms with Crippen LogP contribution in [0.4, 0.5) is 5.69 Å². The van der Waals surface area contributed by atoms with E-state index >= 15 is 0 Å². The smallest absolute Gasteiger partial charge is 0.230 e. The van der Waals surface area contributed by atoms with E-state index in [0.29, 0.717) is 24.4 Å². The molecule has 43 heavy (non-hydrogen) atoms. The molecule has 3 aliphatic carbocycles. The summed E-state index contributed by atoms with van der Waals surface area (Å²) in [5.74, 6) is 3.03. The van der Waals surface area contributed by atoms with E-state index in [9.17, 15) is 4.79 Å². The lowest BCUT2D eigenvalue weighted by atomic mass is 9.78. The van der Waals surface area contributed by atoms with Crippen LogP contribution in [0.25, 0.3) is 10.4 Å². The topological polar surface area (TPSA) is 51.7 Å². The van der Waals surface area contributed by atoms with E-state index in [1.807, 2.05) is 23.6 Å². The number of ether oxygens (including phenoxy) is 2. The number of carbonyl (C=O) groups excluding carboxylic acids is 1. The first-order valence-electron chi connectivity index (χ1n) is 16.3. The number of methoxy groups -OCH3 is 1. The zero-order valence-corrected chi connectivity index (χ0v) is 26.6. The Labute approximate surface area is 261 Å². The predicted octanol–water partition coefficient (Wildman–Crippen LogP) is 9.07. The van der Waals surface area contributed by atoms with Crippen molar-refractivity contribution in [3.63, 3.8) is 0 Å². The van der Waals surface area contributed by atoms with Crippen molar-refractivity contribution in [2.75, 3.05) is 25.2 Å². The molecule has 1 amide bonds. The van der Waals surface area contributed by atoms with Crippen LogP contribution in [0.5, 0.6) is 5.75 Å². The van der Waals surface area contributed by atoms with Gasteiger partial charge in [0.05, 0.1) is 29.7 Å². The molecule has 5 nitrogen and oxygen atoms in total. The number of amides is 1. The maximum atomic E-state index is 14.3. The Bertz CT molecular complexity index is 1400. The molecule has 0 bridgehead atoms. The first kappa shape index (κ1) is 30.1. The highest BCUT2D eigenvalue weighted by Gasteiger charge is 2.33. The average molecular weight is 599 g/mol. The second-order valence-corrected chi connectivity index (χ2v) is 13.9. The highest BCUT2D eigenvalue weighted by atomic mass is 32.1. The number of anilines is 1. The zero-order valence-electron chi connectivity index (χ0n) is 25.8. The first-order valence-corrected chi connectivity index (χ1v) is 17.1. The fourth-order valence-corrected chi connectivity index (χ4v) is 8.17. The molecular formula is C37H46N2O3S. The number of carbonyl (C=O) groups is 1. The molecule has 0 unspecified atom stereocenters. The Morgan fingerprint density at radius 1 is 1.00 bits per heavy atom. The Balaban J connectivity index is 1.17. The number of hydrogen-bond donors (Lipinski definition) is 0. The molecule has 228 valence electrons. The van der Waals surface area contributed by atoms with Gasteiger partial charge in [0.2, 0.25) is 5.91 Å². The third-order valence-electron chi connectivity index (χ3n) is 9.81. The molecule has 0 atom stereocenters. The lowest BCUT2D eigenvalue weighted by molar-refractivity contribution is -0.124. The number of aryl methyl sites for hydroxylation is 1. The number of rotatable bonds is 11. The van der Waals surface area contributed by atoms with Gasteiger partial charge in [0.1, 0.15) is 5.75 Å². The highest BCUT2D eigenvalue weighted by molar-refractivity contribution is 7.15. The second kappa shape index (κ2) is 13.8. The Morgan fingerprint density at radius 2 is 1.77 bits per heavy atom. The van der Waals surface area contributed by atoms with Crippen LogP contribution in [0.3, 0.4) is 0 Å². The summed E-state index contributed by atoms with van der Waals surface area (Å²) < 4.78 is 11.4. The number of aromatic nitrogens is 1. The van der Waals surface area contributed by atoms with E-state index in [4.69, 9.17) is 14.5 Å². The van der Waals surface area contributed by atoms with Crippen molar-refractivity contribution in [2.24, 2.45) is 11.8 Å². The van der Waals surface area contributed by atoms with Crippen molar-refractivity contribution >= 4 is 22.9 Å². The Hall–Kier alpha value is -2.96. The van der Waals surface area contributed by atoms with Gasteiger partial charge in [-0.1, -0.05) is 30.3 Å². The molecule has 6 heteroatoms. The Morgan fingerprint density at radius 3 is 2.47 bits per heavy atom. The summed E-state index contributed by atoms with van der Waals surface area (Å²) >= 11 is 1.81. The fraction of sp³-hybridized carbons (Fsp3) is 0.514. The van der Waals surface area contributed by atoms with Gasteiger partial charge >= 0.3 is 0 Å². The molecule has 3 aromatic rings. The predicted molar refractivity (Wildman–Crippen MR) is 176 cm³/mol. The van der Waals surface area contributed by atoms with Crippen LogP contribution in [-0.4, -0.2) is 37.3 Å². The molecule has 6 rings (SSSR count). The van der Waals surface area contributed by atoms with Gasteiger partial charge in [-0.3, -0.25) is 4.79 Å². The quantitative estimate of drug-likeness (QED) is 0.207. The van der Waals surface area contributed by atoms with Crippen molar-refractivity contribution in [3.8, 4) is 16.2 Å². The number of nitrogens with zero attached hydrogens (tertiary/aromatic N) is 2. The summed E-state index contributed by atoms with van der Waals surface area (Å²) in [7, 11) is 1.74. The van der Waals surface area contributed by atoms with Crippen molar-refractivity contribution in [3.05, 3.63) is 77.5 Å². The molecule has 0 saturated heterocycles. The first-order chi connectivity index (χ1) is 21.0. The molecule has 2 aromatic carbocycles. The second-order valence-electron chi connectivity index (χ2n) is 12.9. The van der Waals surface area contributed by atoms with Gasteiger partial charge in [0.15, 0.2) is 0 Å². The maximum Gasteiger partial charge on any atom is 0.230 e. The molecule has 3 fully saturated rings. The molecule has 0 radical (unpaired) electrons. The van der Waals surface area contributed by atoms with Crippen LogP contribution in [0, 0.1) is 18.8 Å². The maximum absolute atomic E-state index is 14.3. The van der Waals surface area contributed by atoms with E-state index in [-0.39, 0.29) is 17.9 Å². The molecular weight excluding hydrogens is 552 g/mol. The van der Waals surface area contributed by atoms with Gasteiger partial charge in [-0.2, -0.15) is 0 Å². The van der Waals surface area contributed by atoms with Crippen LogP contribution in [0.2, 0.25) is 0 Å². The number of thiazole rings is 1. The van der Waals surface area contributed by atoms with Gasteiger partial charge in [-0.15, -0.1) is 17.9 Å². The van der Waals surface area contributed by atoms with Gasteiger partial charge in [-0.25, -0.2) is 4.98 Å². The lowest BCUT2D eigenvalue weighted by Crippen LogP contribution is -2.42. The van der Waals surface area contributed by atoms with E-state index in [2.05, 4.69) is 60.9 Å². The minimum Gasteiger partial charge on any atom is -0.496 e. The highest BCUT2D eigenvalue weighted by Crippen LogP contribution is 2.44. The summed E-state index contributed by atoms with van der Waals surface area (Å²) in [5.41, 5.74) is 4.82. The summed E-state index contributed by atoms with van der Waals surface area (Å²) in [4.78, 5) is 22.3. The van der Waals surface area contributed by atoms with Gasteiger partial charge in [-0.05, 0) is 118 Å². The van der Waals surface area contributed by atoms with E-state index in [1.165, 1.54) is 39.4 Å². The molecule has 0 N–H and O–H groups in total. The largest absolute Gasteiger partial charge is 0.496 e. The van der Waals surface area contributed by atoms with Crippen molar-refractivity contribution in [2.45, 2.75) is 89.1 Å². The third-order valence-corrected chi connectivity index (χ3v) is 11.0. The molecule has 1 aromatic heterocycles. The summed E-state index contributed by atoms with van der Waals surface area (Å²) in [6, 6.07) is 15.3. The standard InChI is InChI=1S/C37H46N2O3S/c1-4-20-42-33-17-14-29(15-18-33)37(40)39(32-7-5-6-31(22-32)35-23-38-36(43-35)28-12-13-28)24-26-8-10-27(11-9-26)30-16-19-34(41-3)25(2)21-30/h4-7,16,19,21-23,26-29,33H,1,8-15,17-18,20,24H2,2-3H3. The summed E-state index contributed by atoms with van der Waals surface area (Å²) in [6.07, 6.45) is 14.9. The minimum absolute atomic E-state index is 0.0516. The summed E-state index contributed by atoms with van der Waals surface area (Å²) in [5, 5.41) is 1.26. The van der Waals surface area contributed by atoms with E-state index in [0.717, 1.165) is 69.3 Å². The van der Waals surface area contributed by atoms with Crippen LogP contribution >= 0.6 is 11.3 Å². The molecule has 1 heterocycles. The molecule has 0 aliphatic heterocycles. The van der Waals surface area contributed by atoms with Crippen LogP contribution < -0.4 is 9.64 Å². The monoisotopic (exact) mass is 598 g/mol. The Kier molecular flexibility index (Phi) is 9.64. The van der Waals surface area contributed by atoms with Crippen molar-refractivity contribution in [1.82, 2.24) is 4.98 Å². The van der Waals surface area contributed by atoms with Crippen molar-refractivity contribution in [1.29, 1.82) is 0 Å². The molecule has 0 spiro atoms. The number of benzene rings is 2. The van der Waals surface area contributed by atoms with Crippen molar-refractivity contribution < 1.29 is 14.3 Å². The molecule has 3 saturated carbocycles. The zero-order chi connectivity index (χ0) is 29.8. The van der Waals surface area contributed by atoms with Crippen LogP contribution in [0.15, 0.2) is 61.3 Å².